The molecule has 9 heteroatoms. The summed E-state index contributed by atoms with van der Waals surface area (Å²) in [5.74, 6) is 0. The Hall–Kier alpha value is -0.530. The normalized spacial score (nSPS) is 20.9. The highest BCUT2D eigenvalue weighted by Gasteiger charge is 2.40. The van der Waals surface area contributed by atoms with Gasteiger partial charge in [-0.2, -0.15) is 4.31 Å². The minimum atomic E-state index is -1.68. The molecule has 2 amide bonds. The van der Waals surface area contributed by atoms with Crippen molar-refractivity contribution in [2.24, 2.45) is 0 Å². The zero-order valence-electron chi connectivity index (χ0n) is 9.35. The fourth-order valence-corrected chi connectivity index (χ4v) is 3.15. The van der Waals surface area contributed by atoms with Crippen LogP contribution in [0.4, 0.5) is 10.5 Å². The fraction of sp³-hybridized carbons (Fsp3) is 0.222. The number of halogens is 3. The number of anilines is 1. The lowest BCUT2D eigenvalue weighted by Gasteiger charge is -2.15. The summed E-state index contributed by atoms with van der Waals surface area (Å²) >= 11 is 16.0. The maximum atomic E-state index is 12.0. The second-order valence-corrected chi connectivity index (χ2v) is 6.01. The number of hydrazine groups is 1. The number of nitrogens with zero attached hydrogens (tertiary/aromatic N) is 3. The second-order valence-electron chi connectivity index (χ2n) is 3.49. The lowest BCUT2D eigenvalue weighted by molar-refractivity contribution is 0.162. The first-order valence-corrected chi connectivity index (χ1v) is 6.93. The van der Waals surface area contributed by atoms with Gasteiger partial charge in [-0.15, -0.1) is 4.41 Å². The summed E-state index contributed by atoms with van der Waals surface area (Å²) in [6.07, 6.45) is 0. The van der Waals surface area contributed by atoms with E-state index >= 15 is 0 Å². The number of amides is 2. The molecule has 98 valence electrons. The highest BCUT2D eigenvalue weighted by Crippen LogP contribution is 2.39. The van der Waals surface area contributed by atoms with Crippen molar-refractivity contribution in [3.63, 3.8) is 0 Å². The van der Waals surface area contributed by atoms with Crippen molar-refractivity contribution < 1.29 is 9.00 Å². The highest BCUT2D eigenvalue weighted by molar-refractivity contribution is 7.85. The van der Waals surface area contributed by atoms with Gasteiger partial charge in [0.05, 0.1) is 20.8 Å². The average Bonchev–Trinajstić information content (AvgIpc) is 2.53. The molecule has 0 bridgehead atoms. The van der Waals surface area contributed by atoms with E-state index in [-0.39, 0.29) is 20.8 Å². The molecule has 0 spiro atoms. The van der Waals surface area contributed by atoms with E-state index in [1.165, 1.54) is 35.7 Å². The summed E-state index contributed by atoms with van der Waals surface area (Å²) in [6.45, 7) is 0. The van der Waals surface area contributed by atoms with Crippen molar-refractivity contribution in [2.75, 3.05) is 18.4 Å². The largest absolute Gasteiger partial charge is 0.352 e. The van der Waals surface area contributed by atoms with Crippen molar-refractivity contribution in [2.45, 2.75) is 0 Å². The monoisotopic (exact) mass is 327 g/mol. The molecular weight excluding hydrogens is 321 g/mol. The van der Waals surface area contributed by atoms with Gasteiger partial charge < -0.3 is 0 Å². The zero-order chi connectivity index (χ0) is 13.6. The van der Waals surface area contributed by atoms with Gasteiger partial charge in [-0.05, 0) is 12.1 Å². The van der Waals surface area contributed by atoms with Crippen molar-refractivity contribution >= 4 is 57.7 Å². The van der Waals surface area contributed by atoms with Crippen LogP contribution in [0, 0.1) is 0 Å². The van der Waals surface area contributed by atoms with Crippen molar-refractivity contribution in [1.29, 1.82) is 0 Å². The summed E-state index contributed by atoms with van der Waals surface area (Å²) in [6, 6.07) is 2.53. The number of carbonyl (C=O) groups is 1. The quantitative estimate of drug-likeness (QED) is 0.744. The molecule has 5 nitrogen and oxygen atoms in total. The predicted octanol–water partition coefficient (Wildman–Crippen LogP) is 2.94. The van der Waals surface area contributed by atoms with Crippen LogP contribution in [0.25, 0.3) is 0 Å². The topological polar surface area (TPSA) is 43.9 Å². The van der Waals surface area contributed by atoms with E-state index in [9.17, 15) is 9.00 Å². The second kappa shape index (κ2) is 4.86. The first-order chi connectivity index (χ1) is 8.36. The standard InChI is InChI=1S/C9H8Cl3N3O2S/c1-13-9(16)15(18(17)14(13)2)6-4-3-5(10)7(11)8(6)12/h3-4H,1-2H3. The van der Waals surface area contributed by atoms with Gasteiger partial charge in [0, 0.05) is 14.1 Å². The summed E-state index contributed by atoms with van der Waals surface area (Å²) < 4.78 is 14.4. The molecule has 1 saturated heterocycles. The summed E-state index contributed by atoms with van der Waals surface area (Å²) in [4.78, 5) is 12.0. The van der Waals surface area contributed by atoms with Gasteiger partial charge in [0.1, 0.15) is 0 Å². The molecule has 1 aliphatic rings. The van der Waals surface area contributed by atoms with Crippen LogP contribution in [0.3, 0.4) is 0 Å². The SMILES string of the molecule is CN1C(=O)N(c2ccc(Cl)c(Cl)c2Cl)S(=O)N1C. The maximum absolute atomic E-state index is 12.0. The number of benzene rings is 1. The lowest BCUT2D eigenvalue weighted by atomic mass is 10.3. The van der Waals surface area contributed by atoms with Gasteiger partial charge in [0.15, 0.2) is 0 Å². The Morgan fingerprint density at radius 2 is 1.72 bits per heavy atom. The van der Waals surface area contributed by atoms with Crippen molar-refractivity contribution in [3.8, 4) is 0 Å². The van der Waals surface area contributed by atoms with E-state index < -0.39 is 17.2 Å². The number of carbonyl (C=O) groups excluding carboxylic acids is 1. The third kappa shape index (κ3) is 1.98. The van der Waals surface area contributed by atoms with Gasteiger partial charge in [-0.1, -0.05) is 34.8 Å². The third-order valence-corrected chi connectivity index (χ3v) is 5.13. The molecule has 2 rings (SSSR count). The molecule has 1 aromatic carbocycles. The predicted molar refractivity (Wildman–Crippen MR) is 73.0 cm³/mol. The first-order valence-electron chi connectivity index (χ1n) is 4.73. The van der Waals surface area contributed by atoms with E-state index in [0.717, 1.165) is 4.31 Å². The van der Waals surface area contributed by atoms with Gasteiger partial charge in [0.25, 0.3) is 0 Å². The first kappa shape index (κ1) is 13.9. The smallest absolute Gasteiger partial charge is 0.246 e. The molecule has 18 heavy (non-hydrogen) atoms. The Kier molecular flexibility index (Phi) is 3.75. The van der Waals surface area contributed by atoms with Crippen LogP contribution in [-0.2, 0) is 11.2 Å². The highest BCUT2D eigenvalue weighted by atomic mass is 35.5. The molecule has 0 aromatic heterocycles. The van der Waals surface area contributed by atoms with Crippen LogP contribution in [0.1, 0.15) is 0 Å². The molecule has 0 aliphatic carbocycles. The van der Waals surface area contributed by atoms with Crippen LogP contribution < -0.4 is 4.31 Å². The Morgan fingerprint density at radius 1 is 1.11 bits per heavy atom. The van der Waals surface area contributed by atoms with Crippen LogP contribution in [0.5, 0.6) is 0 Å². The van der Waals surface area contributed by atoms with Gasteiger partial charge in [-0.3, -0.25) is 0 Å². The summed E-state index contributed by atoms with van der Waals surface area (Å²) in [5.41, 5.74) is 0.255. The van der Waals surface area contributed by atoms with E-state index in [4.69, 9.17) is 34.8 Å². The molecule has 1 aromatic rings. The summed E-state index contributed by atoms with van der Waals surface area (Å²) in [7, 11) is 3.03. The zero-order valence-corrected chi connectivity index (χ0v) is 12.4. The van der Waals surface area contributed by atoms with E-state index in [1.54, 1.807) is 0 Å². The Bertz CT molecular complexity index is 534. The van der Waals surface area contributed by atoms with Gasteiger partial charge in [0.2, 0.25) is 11.2 Å². The summed E-state index contributed by atoms with van der Waals surface area (Å²) in [5, 5.41) is 1.70. The number of rotatable bonds is 1. The minimum absolute atomic E-state index is 0.0922. The van der Waals surface area contributed by atoms with Crippen molar-refractivity contribution in [1.82, 2.24) is 9.42 Å². The molecule has 0 radical (unpaired) electrons. The van der Waals surface area contributed by atoms with Crippen LogP contribution in [-0.4, -0.2) is 33.8 Å². The Balaban J connectivity index is 2.54. The number of hydrogen-bond acceptors (Lipinski definition) is 2. The fourth-order valence-electron chi connectivity index (χ4n) is 1.40. The van der Waals surface area contributed by atoms with Gasteiger partial charge in [-0.25, -0.2) is 14.0 Å². The minimum Gasteiger partial charge on any atom is -0.246 e. The average molecular weight is 329 g/mol. The molecule has 1 fully saturated rings. The lowest BCUT2D eigenvalue weighted by Crippen LogP contribution is -2.32. The molecule has 0 saturated carbocycles. The maximum Gasteiger partial charge on any atom is 0.352 e. The number of urea groups is 1. The molecule has 1 unspecified atom stereocenters. The third-order valence-electron chi connectivity index (χ3n) is 2.49. The molecular formula is C9H8Cl3N3O2S. The molecule has 1 atom stereocenters. The van der Waals surface area contributed by atoms with Crippen LogP contribution in [0.15, 0.2) is 12.1 Å². The number of hydrogen-bond donors (Lipinski definition) is 0. The molecule has 0 N–H and O–H groups in total. The van der Waals surface area contributed by atoms with E-state index in [0.29, 0.717) is 0 Å². The Morgan fingerprint density at radius 3 is 2.22 bits per heavy atom. The van der Waals surface area contributed by atoms with Gasteiger partial charge >= 0.3 is 6.03 Å². The van der Waals surface area contributed by atoms with E-state index in [2.05, 4.69) is 0 Å². The van der Waals surface area contributed by atoms with Crippen molar-refractivity contribution in [3.05, 3.63) is 27.2 Å². The van der Waals surface area contributed by atoms with Crippen LogP contribution in [0.2, 0.25) is 15.1 Å². The van der Waals surface area contributed by atoms with Crippen LogP contribution >= 0.6 is 34.8 Å². The Labute approximate surface area is 121 Å². The van der Waals surface area contributed by atoms with E-state index in [1.807, 2.05) is 0 Å². The molecule has 1 heterocycles. The molecule has 1 aliphatic heterocycles.